The fourth-order valence-electron chi connectivity index (χ4n) is 2.52. The van der Waals surface area contributed by atoms with Crippen LogP contribution >= 0.6 is 11.3 Å². The molecule has 0 bridgehead atoms. The van der Waals surface area contributed by atoms with Gasteiger partial charge in [0.15, 0.2) is 0 Å². The summed E-state index contributed by atoms with van der Waals surface area (Å²) in [7, 11) is 0. The minimum Gasteiger partial charge on any atom is -0.372 e. The van der Waals surface area contributed by atoms with Gasteiger partial charge >= 0.3 is 0 Å². The molecule has 1 atom stereocenters. The van der Waals surface area contributed by atoms with Gasteiger partial charge in [-0.05, 0) is 51.0 Å². The second kappa shape index (κ2) is 6.18. The Morgan fingerprint density at radius 3 is 2.82 bits per heavy atom. The molecule has 0 unspecified atom stereocenters. The molecular weight excluding hydrogens is 294 g/mol. The second-order valence-corrected chi connectivity index (χ2v) is 6.46. The van der Waals surface area contributed by atoms with Crippen LogP contribution in [0.25, 0.3) is 11.0 Å². The molecule has 3 aromatic rings. The van der Waals surface area contributed by atoms with Crippen LogP contribution in [0.1, 0.15) is 41.8 Å². The van der Waals surface area contributed by atoms with Gasteiger partial charge in [0.25, 0.3) is 0 Å². The van der Waals surface area contributed by atoms with E-state index in [9.17, 15) is 0 Å². The Hall–Kier alpha value is -1.72. The summed E-state index contributed by atoms with van der Waals surface area (Å²) in [5.41, 5.74) is 5.83. The molecule has 3 rings (SSSR count). The summed E-state index contributed by atoms with van der Waals surface area (Å²) in [4.78, 5) is 9.20. The van der Waals surface area contributed by atoms with Crippen molar-refractivity contribution >= 4 is 22.4 Å². The third-order valence-electron chi connectivity index (χ3n) is 3.90. The van der Waals surface area contributed by atoms with Crippen molar-refractivity contribution in [1.29, 1.82) is 0 Å². The molecule has 2 aromatic heterocycles. The Morgan fingerprint density at radius 1 is 1.27 bits per heavy atom. The molecule has 0 aliphatic heterocycles. The molecule has 0 radical (unpaired) electrons. The van der Waals surface area contributed by atoms with E-state index in [-0.39, 0.29) is 6.10 Å². The molecule has 2 heterocycles. The number of rotatable bonds is 5. The second-order valence-electron chi connectivity index (χ2n) is 5.57. The molecule has 116 valence electrons. The number of benzene rings is 1. The summed E-state index contributed by atoms with van der Waals surface area (Å²) < 4.78 is 7.76. The van der Waals surface area contributed by atoms with Gasteiger partial charge in [-0.15, -0.1) is 11.3 Å². The third kappa shape index (κ3) is 2.91. The van der Waals surface area contributed by atoms with E-state index in [0.717, 1.165) is 28.3 Å². The van der Waals surface area contributed by atoms with Crippen LogP contribution in [0.2, 0.25) is 0 Å². The molecular formula is C17H21N3OS. The van der Waals surface area contributed by atoms with Crippen LogP contribution in [0.4, 0.5) is 0 Å². The molecule has 0 saturated carbocycles. The lowest BCUT2D eigenvalue weighted by Gasteiger charge is -2.07. The third-order valence-corrected chi connectivity index (χ3v) is 4.96. The van der Waals surface area contributed by atoms with E-state index in [0.29, 0.717) is 6.61 Å². The van der Waals surface area contributed by atoms with Crippen molar-refractivity contribution < 1.29 is 4.74 Å². The van der Waals surface area contributed by atoms with Gasteiger partial charge in [0.05, 0.1) is 29.6 Å². The Balaban J connectivity index is 1.86. The molecule has 4 nitrogen and oxygen atoms in total. The molecule has 22 heavy (non-hydrogen) atoms. The number of hydrogen-bond donors (Lipinski definition) is 0. The maximum absolute atomic E-state index is 5.60. The van der Waals surface area contributed by atoms with E-state index in [4.69, 9.17) is 9.72 Å². The lowest BCUT2D eigenvalue weighted by molar-refractivity contribution is 0.0761. The first-order chi connectivity index (χ1) is 10.6. The van der Waals surface area contributed by atoms with Gasteiger partial charge in [-0.2, -0.15) is 0 Å². The average Bonchev–Trinajstić information content (AvgIpc) is 3.09. The van der Waals surface area contributed by atoms with Crippen molar-refractivity contribution in [2.45, 2.75) is 40.3 Å². The number of ether oxygens (including phenoxy) is 1. The van der Waals surface area contributed by atoms with Gasteiger partial charge in [-0.25, -0.2) is 9.97 Å². The van der Waals surface area contributed by atoms with E-state index in [1.807, 2.05) is 20.2 Å². The van der Waals surface area contributed by atoms with Crippen molar-refractivity contribution in [3.8, 4) is 0 Å². The zero-order valence-electron chi connectivity index (χ0n) is 13.5. The Bertz CT molecular complexity index is 790. The first-order valence-electron chi connectivity index (χ1n) is 7.56. The molecule has 0 fully saturated rings. The van der Waals surface area contributed by atoms with Crippen LogP contribution in [0.5, 0.6) is 0 Å². The normalized spacial score (nSPS) is 12.9. The van der Waals surface area contributed by atoms with E-state index >= 15 is 0 Å². The summed E-state index contributed by atoms with van der Waals surface area (Å²) in [5, 5.41) is 3.14. The molecule has 1 aromatic carbocycles. The van der Waals surface area contributed by atoms with E-state index in [1.54, 1.807) is 11.3 Å². The highest BCUT2D eigenvalue weighted by Gasteiger charge is 2.12. The van der Waals surface area contributed by atoms with Crippen LogP contribution in [0.3, 0.4) is 0 Å². The Kier molecular flexibility index (Phi) is 4.27. The topological polar surface area (TPSA) is 39.9 Å². The van der Waals surface area contributed by atoms with Crippen LogP contribution in [-0.4, -0.2) is 21.1 Å². The summed E-state index contributed by atoms with van der Waals surface area (Å²) >= 11 is 1.66. The van der Waals surface area contributed by atoms with E-state index < -0.39 is 0 Å². The van der Waals surface area contributed by atoms with Crippen molar-refractivity contribution in [3.63, 3.8) is 0 Å². The van der Waals surface area contributed by atoms with Crippen molar-refractivity contribution in [3.05, 3.63) is 45.7 Å². The summed E-state index contributed by atoms with van der Waals surface area (Å²) in [5.74, 6) is 0. The average molecular weight is 315 g/mol. The predicted octanol–water partition coefficient (Wildman–Crippen LogP) is 4.26. The number of hydrogen-bond acceptors (Lipinski definition) is 4. The van der Waals surface area contributed by atoms with Gasteiger partial charge in [-0.3, -0.25) is 0 Å². The van der Waals surface area contributed by atoms with Gasteiger partial charge in [0, 0.05) is 12.0 Å². The highest BCUT2D eigenvalue weighted by atomic mass is 32.1. The van der Waals surface area contributed by atoms with Gasteiger partial charge in [-0.1, -0.05) is 0 Å². The van der Waals surface area contributed by atoms with Gasteiger partial charge in [0.1, 0.15) is 11.1 Å². The molecule has 5 heteroatoms. The SMILES string of the molecule is CCO[C@@H](C)c1nc(Cn2cnc3cc(C)c(C)cc32)cs1. The summed E-state index contributed by atoms with van der Waals surface area (Å²) in [6.45, 7) is 9.76. The van der Waals surface area contributed by atoms with Crippen molar-refractivity contribution in [1.82, 2.24) is 14.5 Å². The molecule has 0 amide bonds. The number of fused-ring (bicyclic) bond motifs is 1. The maximum Gasteiger partial charge on any atom is 0.122 e. The van der Waals surface area contributed by atoms with Crippen molar-refractivity contribution in [2.24, 2.45) is 0 Å². The largest absolute Gasteiger partial charge is 0.372 e. The van der Waals surface area contributed by atoms with Gasteiger partial charge < -0.3 is 9.30 Å². The molecule has 0 aliphatic carbocycles. The number of thiazole rings is 1. The van der Waals surface area contributed by atoms with Crippen LogP contribution in [-0.2, 0) is 11.3 Å². The van der Waals surface area contributed by atoms with Crippen LogP contribution < -0.4 is 0 Å². The van der Waals surface area contributed by atoms with E-state index in [2.05, 4.69) is 40.9 Å². The zero-order chi connectivity index (χ0) is 15.7. The molecule has 0 spiro atoms. The molecule has 0 saturated heterocycles. The lowest BCUT2D eigenvalue weighted by Crippen LogP contribution is -2.02. The van der Waals surface area contributed by atoms with Crippen molar-refractivity contribution in [2.75, 3.05) is 6.61 Å². The number of aryl methyl sites for hydroxylation is 2. The Labute approximate surface area is 134 Å². The fourth-order valence-corrected chi connectivity index (χ4v) is 3.33. The monoisotopic (exact) mass is 315 g/mol. The number of nitrogens with zero attached hydrogens (tertiary/aromatic N) is 3. The smallest absolute Gasteiger partial charge is 0.122 e. The summed E-state index contributed by atoms with van der Waals surface area (Å²) in [6.07, 6.45) is 1.96. The number of imidazole rings is 1. The van der Waals surface area contributed by atoms with Gasteiger partial charge in [0.2, 0.25) is 0 Å². The quantitative estimate of drug-likeness (QED) is 0.706. The Morgan fingerprint density at radius 2 is 2.05 bits per heavy atom. The zero-order valence-corrected chi connectivity index (χ0v) is 14.3. The minimum atomic E-state index is 0.0631. The highest BCUT2D eigenvalue weighted by Crippen LogP contribution is 2.23. The summed E-state index contributed by atoms with van der Waals surface area (Å²) in [6, 6.07) is 4.35. The predicted molar refractivity (Wildman–Crippen MR) is 90.5 cm³/mol. The molecule has 0 N–H and O–H groups in total. The standard InChI is InChI=1S/C17H21N3OS/c1-5-21-13(4)17-19-14(9-22-17)8-20-10-18-15-6-11(2)12(3)7-16(15)20/h6-7,9-10,13H,5,8H2,1-4H3/t13-/m0/s1. The highest BCUT2D eigenvalue weighted by molar-refractivity contribution is 7.09. The maximum atomic E-state index is 5.60. The lowest BCUT2D eigenvalue weighted by atomic mass is 10.1. The molecule has 0 aliphatic rings. The van der Waals surface area contributed by atoms with Crippen LogP contribution in [0.15, 0.2) is 23.8 Å². The first-order valence-corrected chi connectivity index (χ1v) is 8.44. The fraction of sp³-hybridized carbons (Fsp3) is 0.412. The first kappa shape index (κ1) is 15.2. The minimum absolute atomic E-state index is 0.0631. The van der Waals surface area contributed by atoms with E-state index in [1.165, 1.54) is 11.1 Å². The number of aromatic nitrogens is 3. The van der Waals surface area contributed by atoms with Crippen LogP contribution in [0, 0.1) is 13.8 Å².